The van der Waals surface area contributed by atoms with E-state index >= 15 is 0 Å². The summed E-state index contributed by atoms with van der Waals surface area (Å²) in [4.78, 5) is 11.0. The van der Waals surface area contributed by atoms with Crippen molar-refractivity contribution < 1.29 is 4.79 Å². The molecule has 0 radical (unpaired) electrons. The molecule has 0 amide bonds. The monoisotopic (exact) mass is 164 g/mol. The molecule has 0 N–H and O–H groups in total. The Morgan fingerprint density at radius 2 is 2.08 bits per heavy atom. The van der Waals surface area contributed by atoms with E-state index in [4.69, 9.17) is 0 Å². The second-order valence-electron chi connectivity index (χ2n) is 2.58. The molecule has 0 rings (SSSR count). The summed E-state index contributed by atoms with van der Waals surface area (Å²) in [6.07, 6.45) is 6.40. The molecule has 0 saturated heterocycles. The van der Waals surface area contributed by atoms with E-state index in [9.17, 15) is 4.79 Å². The van der Waals surface area contributed by atoms with Gasteiger partial charge in [0.05, 0.1) is 0 Å². The summed E-state index contributed by atoms with van der Waals surface area (Å²) in [6, 6.07) is 0. The van der Waals surface area contributed by atoms with Gasteiger partial charge in [-0.2, -0.15) is 0 Å². The third kappa shape index (κ3) is 3.33. The van der Waals surface area contributed by atoms with Gasteiger partial charge in [-0.1, -0.05) is 25.7 Å². The molecule has 0 fully saturated rings. The summed E-state index contributed by atoms with van der Waals surface area (Å²) in [6.45, 7) is 9.15. The number of carbonyl (C=O) groups is 1. The summed E-state index contributed by atoms with van der Waals surface area (Å²) in [5.74, 6) is 0.102. The summed E-state index contributed by atoms with van der Waals surface area (Å²) in [7, 11) is 0. The molecule has 1 heteroatoms. The minimum absolute atomic E-state index is 0.102. The van der Waals surface area contributed by atoms with Crippen LogP contribution in [0.3, 0.4) is 0 Å². The van der Waals surface area contributed by atoms with E-state index in [1.54, 1.807) is 13.0 Å². The Balaban J connectivity index is 4.68. The Bertz CT molecular complexity index is 231. The van der Waals surface area contributed by atoms with Crippen LogP contribution in [0.2, 0.25) is 0 Å². The second kappa shape index (κ2) is 5.53. The number of allylic oxidation sites excluding steroid dienone is 5. The molecule has 0 saturated carbocycles. The quantitative estimate of drug-likeness (QED) is 0.461. The number of ketones is 1. The fraction of sp³-hybridized carbons (Fsp3) is 0.364. The summed E-state index contributed by atoms with van der Waals surface area (Å²) in [5, 5.41) is 0. The zero-order valence-corrected chi connectivity index (χ0v) is 8.05. The Labute approximate surface area is 74.5 Å². The lowest BCUT2D eigenvalue weighted by Crippen LogP contribution is -1.93. The van der Waals surface area contributed by atoms with Gasteiger partial charge in [0.2, 0.25) is 0 Å². The average Bonchev–Trinajstić information content (AvgIpc) is 2.06. The van der Waals surface area contributed by atoms with Gasteiger partial charge in [0.15, 0.2) is 5.78 Å². The van der Waals surface area contributed by atoms with Crippen molar-refractivity contribution in [1.82, 2.24) is 0 Å². The van der Waals surface area contributed by atoms with Crippen LogP contribution in [-0.2, 0) is 4.79 Å². The summed E-state index contributed by atoms with van der Waals surface area (Å²) in [5.41, 5.74) is 1.85. The van der Waals surface area contributed by atoms with Crippen LogP contribution in [0.5, 0.6) is 0 Å². The van der Waals surface area contributed by atoms with E-state index in [-0.39, 0.29) is 5.78 Å². The van der Waals surface area contributed by atoms with Crippen LogP contribution in [0, 0.1) is 0 Å². The maximum Gasteiger partial charge on any atom is 0.159 e. The molecule has 0 spiro atoms. The zero-order valence-electron chi connectivity index (χ0n) is 8.05. The largest absolute Gasteiger partial charge is 0.295 e. The molecule has 0 bridgehead atoms. The Morgan fingerprint density at radius 1 is 1.50 bits per heavy atom. The first-order valence-corrected chi connectivity index (χ1v) is 4.16. The predicted molar refractivity (Wildman–Crippen MR) is 53.0 cm³/mol. The molecular weight excluding hydrogens is 148 g/mol. The van der Waals surface area contributed by atoms with Crippen molar-refractivity contribution in [2.24, 2.45) is 0 Å². The van der Waals surface area contributed by atoms with Gasteiger partial charge in [-0.15, -0.1) is 0 Å². The molecule has 0 aromatic rings. The van der Waals surface area contributed by atoms with Gasteiger partial charge < -0.3 is 0 Å². The first-order valence-electron chi connectivity index (χ1n) is 4.16. The highest BCUT2D eigenvalue weighted by Crippen LogP contribution is 2.07. The lowest BCUT2D eigenvalue weighted by molar-refractivity contribution is -0.113. The molecule has 1 nitrogen and oxygen atoms in total. The highest BCUT2D eigenvalue weighted by Gasteiger charge is 1.98. The fourth-order valence-corrected chi connectivity index (χ4v) is 0.893. The smallest absolute Gasteiger partial charge is 0.159 e. The van der Waals surface area contributed by atoms with Crippen LogP contribution in [-0.4, -0.2) is 5.78 Å². The van der Waals surface area contributed by atoms with Gasteiger partial charge in [0, 0.05) is 5.57 Å². The molecule has 0 atom stereocenters. The van der Waals surface area contributed by atoms with E-state index in [1.807, 2.05) is 26.0 Å². The molecule has 12 heavy (non-hydrogen) atoms. The number of Topliss-reactive ketones (excluding diaryl/α,β-unsaturated/α-hetero) is 1. The lowest BCUT2D eigenvalue weighted by Gasteiger charge is -1.98. The Morgan fingerprint density at radius 3 is 2.33 bits per heavy atom. The van der Waals surface area contributed by atoms with Crippen molar-refractivity contribution in [1.29, 1.82) is 0 Å². The molecule has 0 heterocycles. The van der Waals surface area contributed by atoms with Crippen molar-refractivity contribution in [3.05, 3.63) is 36.0 Å². The topological polar surface area (TPSA) is 17.1 Å². The zero-order chi connectivity index (χ0) is 9.56. The van der Waals surface area contributed by atoms with E-state index in [0.29, 0.717) is 0 Å². The fourth-order valence-electron chi connectivity index (χ4n) is 0.893. The highest BCUT2D eigenvalue weighted by molar-refractivity contribution is 5.96. The Hall–Kier alpha value is -1.11. The second-order valence-corrected chi connectivity index (χ2v) is 2.58. The van der Waals surface area contributed by atoms with Gasteiger partial charge in [-0.3, -0.25) is 4.79 Å². The van der Waals surface area contributed by atoms with Crippen LogP contribution in [0.1, 0.15) is 27.2 Å². The van der Waals surface area contributed by atoms with Crippen molar-refractivity contribution in [2.45, 2.75) is 27.2 Å². The normalized spacial score (nSPS) is 12.9. The maximum atomic E-state index is 11.0. The number of hydrogen-bond donors (Lipinski definition) is 0. The number of hydrogen-bond acceptors (Lipinski definition) is 1. The van der Waals surface area contributed by atoms with E-state index in [0.717, 1.165) is 17.6 Å². The van der Waals surface area contributed by atoms with Crippen molar-refractivity contribution in [3.63, 3.8) is 0 Å². The molecule has 66 valence electrons. The summed E-state index contributed by atoms with van der Waals surface area (Å²) >= 11 is 0. The standard InChI is InChI=1S/C11H16O/c1-5-10(6-2)8-11(7-3)9(4)12/h5,7-8H,1,6H2,2-4H3/b10-8+,11-7+. The maximum absolute atomic E-state index is 11.0. The van der Waals surface area contributed by atoms with Gasteiger partial charge in [-0.05, 0) is 31.9 Å². The van der Waals surface area contributed by atoms with Crippen LogP contribution in [0.15, 0.2) is 36.0 Å². The molecule has 0 aromatic heterocycles. The van der Waals surface area contributed by atoms with Crippen molar-refractivity contribution in [2.75, 3.05) is 0 Å². The van der Waals surface area contributed by atoms with Gasteiger partial charge in [-0.25, -0.2) is 0 Å². The van der Waals surface area contributed by atoms with Crippen LogP contribution >= 0.6 is 0 Å². The van der Waals surface area contributed by atoms with Gasteiger partial charge >= 0.3 is 0 Å². The first-order chi connectivity index (χ1) is 5.65. The number of carbonyl (C=O) groups excluding carboxylic acids is 1. The molecule has 0 aliphatic rings. The van der Waals surface area contributed by atoms with Crippen LogP contribution in [0.25, 0.3) is 0 Å². The predicted octanol–water partition coefficient (Wildman–Crippen LogP) is 3.04. The number of rotatable bonds is 4. The first kappa shape index (κ1) is 10.9. The lowest BCUT2D eigenvalue weighted by atomic mass is 10.1. The molecule has 0 aliphatic carbocycles. The molecule has 0 aliphatic heterocycles. The third-order valence-corrected chi connectivity index (χ3v) is 1.73. The molecule has 0 aromatic carbocycles. The minimum atomic E-state index is 0.102. The van der Waals surface area contributed by atoms with E-state index in [1.165, 1.54) is 0 Å². The van der Waals surface area contributed by atoms with Crippen LogP contribution in [0.4, 0.5) is 0 Å². The van der Waals surface area contributed by atoms with Gasteiger partial charge in [0.1, 0.15) is 0 Å². The average molecular weight is 164 g/mol. The SMILES string of the molecule is C=C/C(=C\C(=C/C)C(C)=O)CC. The highest BCUT2D eigenvalue weighted by atomic mass is 16.1. The van der Waals surface area contributed by atoms with E-state index < -0.39 is 0 Å². The van der Waals surface area contributed by atoms with Gasteiger partial charge in [0.25, 0.3) is 0 Å². The third-order valence-electron chi connectivity index (χ3n) is 1.73. The van der Waals surface area contributed by atoms with Crippen molar-refractivity contribution >= 4 is 5.78 Å². The Kier molecular flexibility index (Phi) is 5.02. The summed E-state index contributed by atoms with van der Waals surface area (Å²) < 4.78 is 0. The minimum Gasteiger partial charge on any atom is -0.295 e. The molecular formula is C11H16O. The van der Waals surface area contributed by atoms with Crippen LogP contribution < -0.4 is 0 Å². The van der Waals surface area contributed by atoms with Crippen molar-refractivity contribution in [3.8, 4) is 0 Å². The van der Waals surface area contributed by atoms with E-state index in [2.05, 4.69) is 6.58 Å². The molecule has 0 unspecified atom stereocenters.